The van der Waals surface area contributed by atoms with E-state index in [1.54, 1.807) is 0 Å². The third-order valence-electron chi connectivity index (χ3n) is 6.92. The van der Waals surface area contributed by atoms with Gasteiger partial charge in [-0.3, -0.25) is 0 Å². The second-order valence-corrected chi connectivity index (χ2v) is 8.86. The Bertz CT molecular complexity index is 1060. The molecule has 2 aliphatic heterocycles. The third-order valence-corrected chi connectivity index (χ3v) is 6.92. The zero-order valence-corrected chi connectivity index (χ0v) is 17.6. The number of ether oxygens (including phenoxy) is 1. The molecule has 3 aromatic heterocycles. The Morgan fingerprint density at radius 3 is 2.45 bits per heavy atom. The van der Waals surface area contributed by atoms with Gasteiger partial charge in [0, 0.05) is 32.4 Å². The molecule has 2 saturated heterocycles. The molecule has 6 rings (SSSR count). The Kier molecular flexibility index (Phi) is 4.60. The number of rotatable bonds is 4. The lowest BCUT2D eigenvalue weighted by atomic mass is 9.93. The molecule has 160 valence electrons. The van der Waals surface area contributed by atoms with Gasteiger partial charge in [0.25, 0.3) is 0 Å². The van der Waals surface area contributed by atoms with Crippen molar-refractivity contribution in [3.05, 3.63) is 36.5 Å². The van der Waals surface area contributed by atoms with E-state index in [1.165, 1.54) is 25.7 Å². The minimum Gasteiger partial charge on any atom is -0.378 e. The van der Waals surface area contributed by atoms with Crippen molar-refractivity contribution in [2.45, 2.75) is 25.7 Å². The van der Waals surface area contributed by atoms with Crippen LogP contribution in [-0.4, -0.2) is 64.5 Å². The number of nitrogens with one attached hydrogen (secondary N) is 1. The number of H-pyrrole nitrogens is 1. The molecule has 1 aliphatic carbocycles. The molecule has 31 heavy (non-hydrogen) atoms. The van der Waals surface area contributed by atoms with E-state index in [4.69, 9.17) is 14.7 Å². The summed E-state index contributed by atoms with van der Waals surface area (Å²) in [5, 5.41) is 8.87. The maximum atomic E-state index is 5.46. The van der Waals surface area contributed by atoms with Crippen LogP contribution in [0.4, 0.5) is 11.6 Å². The summed E-state index contributed by atoms with van der Waals surface area (Å²) in [6.45, 7) is 5.31. The summed E-state index contributed by atoms with van der Waals surface area (Å²) in [4.78, 5) is 17.6. The van der Waals surface area contributed by atoms with Crippen LogP contribution in [0.3, 0.4) is 0 Å². The second kappa shape index (κ2) is 7.60. The fourth-order valence-corrected chi connectivity index (χ4v) is 4.73. The van der Waals surface area contributed by atoms with Crippen molar-refractivity contribution < 1.29 is 4.74 Å². The first kappa shape index (κ1) is 18.7. The first-order valence-electron chi connectivity index (χ1n) is 11.2. The number of pyridine rings is 2. The van der Waals surface area contributed by atoms with E-state index < -0.39 is 0 Å². The number of anilines is 2. The minimum atomic E-state index is 0.641. The summed E-state index contributed by atoms with van der Waals surface area (Å²) in [7, 11) is 0. The van der Waals surface area contributed by atoms with E-state index in [-0.39, 0.29) is 0 Å². The van der Waals surface area contributed by atoms with E-state index in [1.807, 2.05) is 30.5 Å². The summed E-state index contributed by atoms with van der Waals surface area (Å²) < 4.78 is 5.46. The van der Waals surface area contributed by atoms with E-state index >= 15 is 0 Å². The van der Waals surface area contributed by atoms with Gasteiger partial charge in [-0.05, 0) is 55.4 Å². The number of aromatic amines is 1. The van der Waals surface area contributed by atoms with E-state index in [9.17, 15) is 0 Å². The van der Waals surface area contributed by atoms with Gasteiger partial charge in [0.05, 0.1) is 18.8 Å². The van der Waals surface area contributed by atoms with Crippen LogP contribution in [0.25, 0.3) is 22.9 Å². The van der Waals surface area contributed by atoms with E-state index in [0.29, 0.717) is 11.2 Å². The summed E-state index contributed by atoms with van der Waals surface area (Å²) in [6, 6.07) is 10.1. The lowest BCUT2D eigenvalue weighted by Crippen LogP contribution is -2.36. The van der Waals surface area contributed by atoms with Gasteiger partial charge in [0.15, 0.2) is 11.6 Å². The molecule has 1 saturated carbocycles. The Morgan fingerprint density at radius 2 is 1.65 bits per heavy atom. The highest BCUT2D eigenvalue weighted by Crippen LogP contribution is 2.54. The number of hydrogen-bond donors (Lipinski definition) is 1. The van der Waals surface area contributed by atoms with Crippen molar-refractivity contribution in [2.24, 2.45) is 5.41 Å². The van der Waals surface area contributed by atoms with E-state index in [2.05, 4.69) is 31.0 Å². The zero-order valence-electron chi connectivity index (χ0n) is 17.6. The van der Waals surface area contributed by atoms with Crippen LogP contribution in [0.2, 0.25) is 0 Å². The molecular formula is C23H27N7O. The number of piperidine rings is 1. The van der Waals surface area contributed by atoms with Gasteiger partial charge in [-0.15, -0.1) is 10.2 Å². The molecule has 8 heteroatoms. The van der Waals surface area contributed by atoms with Crippen LogP contribution in [-0.2, 0) is 4.74 Å². The Hall–Kier alpha value is -3.00. The first-order valence-corrected chi connectivity index (χ1v) is 11.2. The van der Waals surface area contributed by atoms with Crippen LogP contribution >= 0.6 is 0 Å². The Labute approximate surface area is 181 Å². The quantitative estimate of drug-likeness (QED) is 0.698. The van der Waals surface area contributed by atoms with Gasteiger partial charge in [-0.25, -0.2) is 9.97 Å². The van der Waals surface area contributed by atoms with Gasteiger partial charge in [0.1, 0.15) is 17.3 Å². The molecular weight excluding hydrogens is 390 g/mol. The highest BCUT2D eigenvalue weighted by Gasteiger charge is 2.44. The van der Waals surface area contributed by atoms with Gasteiger partial charge < -0.3 is 19.5 Å². The summed E-state index contributed by atoms with van der Waals surface area (Å²) in [5.74, 6) is 3.36. The number of hydrogen-bond acceptors (Lipinski definition) is 7. The fraction of sp³-hybridized carbons (Fsp3) is 0.478. The van der Waals surface area contributed by atoms with Crippen LogP contribution < -0.4 is 9.80 Å². The molecule has 1 spiro atoms. The highest BCUT2D eigenvalue weighted by molar-refractivity contribution is 5.72. The van der Waals surface area contributed by atoms with Gasteiger partial charge in [-0.2, -0.15) is 0 Å². The molecule has 0 unspecified atom stereocenters. The molecule has 0 radical (unpaired) electrons. The number of aromatic nitrogens is 5. The molecule has 3 aromatic rings. The third kappa shape index (κ3) is 3.65. The average Bonchev–Trinajstić information content (AvgIpc) is 3.41. The highest BCUT2D eigenvalue weighted by atomic mass is 16.5. The molecule has 8 nitrogen and oxygen atoms in total. The molecule has 0 amide bonds. The largest absolute Gasteiger partial charge is 0.378 e. The van der Waals surface area contributed by atoms with Gasteiger partial charge >= 0.3 is 0 Å². The average molecular weight is 418 g/mol. The molecule has 5 heterocycles. The summed E-state index contributed by atoms with van der Waals surface area (Å²) >= 11 is 0. The van der Waals surface area contributed by atoms with Gasteiger partial charge in [0.2, 0.25) is 0 Å². The topological polar surface area (TPSA) is 83.1 Å². The summed E-state index contributed by atoms with van der Waals surface area (Å²) in [5.41, 5.74) is 2.43. The predicted molar refractivity (Wildman–Crippen MR) is 119 cm³/mol. The standard InChI is InChI=1S/C23H27N7O/c1-4-18(25-19(5-1)29-13-15-31-16-14-29)21-26-20(27-28-21)17-3-2-10-24-22(17)30-11-8-23(6-7-23)9-12-30/h1-5,10H,6-9,11-16H2,(H,26,27,28). The summed E-state index contributed by atoms with van der Waals surface area (Å²) in [6.07, 6.45) is 7.20. The zero-order chi connectivity index (χ0) is 20.7. The first-order chi connectivity index (χ1) is 15.3. The van der Waals surface area contributed by atoms with Crippen LogP contribution in [0.5, 0.6) is 0 Å². The SMILES string of the molecule is c1cc(-c2nnc(-c3cccnc3N3CCC4(CC3)CC4)[nH]2)nc(N2CCOCC2)c1. The molecule has 1 N–H and O–H groups in total. The lowest BCUT2D eigenvalue weighted by molar-refractivity contribution is 0.122. The normalized spacial score (nSPS) is 20.3. The lowest BCUT2D eigenvalue weighted by Gasteiger charge is -2.33. The maximum absolute atomic E-state index is 5.46. The van der Waals surface area contributed by atoms with Gasteiger partial charge in [-0.1, -0.05) is 6.07 Å². The monoisotopic (exact) mass is 417 g/mol. The molecule has 0 atom stereocenters. The number of morpholine rings is 1. The molecule has 3 aliphatic rings. The van der Waals surface area contributed by atoms with Crippen LogP contribution in [0, 0.1) is 5.41 Å². The minimum absolute atomic E-state index is 0.641. The van der Waals surface area contributed by atoms with E-state index in [0.717, 1.165) is 68.1 Å². The van der Waals surface area contributed by atoms with Crippen molar-refractivity contribution in [1.29, 1.82) is 0 Å². The Balaban J connectivity index is 1.26. The van der Waals surface area contributed by atoms with Crippen molar-refractivity contribution >= 4 is 11.6 Å². The van der Waals surface area contributed by atoms with Crippen molar-refractivity contribution in [3.63, 3.8) is 0 Å². The van der Waals surface area contributed by atoms with Crippen LogP contribution in [0.15, 0.2) is 36.5 Å². The second-order valence-electron chi connectivity index (χ2n) is 8.86. The predicted octanol–water partition coefficient (Wildman–Crippen LogP) is 3.15. The van der Waals surface area contributed by atoms with Crippen LogP contribution in [0.1, 0.15) is 25.7 Å². The van der Waals surface area contributed by atoms with Crippen molar-refractivity contribution in [2.75, 3.05) is 49.2 Å². The fourth-order valence-electron chi connectivity index (χ4n) is 4.73. The van der Waals surface area contributed by atoms with Crippen molar-refractivity contribution in [3.8, 4) is 22.9 Å². The van der Waals surface area contributed by atoms with Crippen molar-refractivity contribution in [1.82, 2.24) is 25.1 Å². The number of nitrogens with zero attached hydrogens (tertiary/aromatic N) is 6. The smallest absolute Gasteiger partial charge is 0.180 e. The maximum Gasteiger partial charge on any atom is 0.180 e. The Morgan fingerprint density at radius 1 is 0.839 bits per heavy atom. The molecule has 3 fully saturated rings. The molecule has 0 bridgehead atoms. The molecule has 0 aromatic carbocycles.